The Bertz CT molecular complexity index is 335. The maximum Gasteiger partial charge on any atom is 0.326 e. The van der Waals surface area contributed by atoms with Gasteiger partial charge in [0, 0.05) is 19.1 Å². The van der Waals surface area contributed by atoms with Gasteiger partial charge in [0.05, 0.1) is 6.10 Å². The van der Waals surface area contributed by atoms with Gasteiger partial charge in [0.2, 0.25) is 0 Å². The van der Waals surface area contributed by atoms with Gasteiger partial charge in [0.1, 0.15) is 6.04 Å². The van der Waals surface area contributed by atoms with E-state index in [-0.39, 0.29) is 12.6 Å². The predicted octanol–water partition coefficient (Wildman–Crippen LogP) is -0.444. The van der Waals surface area contributed by atoms with Gasteiger partial charge in [-0.25, -0.2) is 9.59 Å². The van der Waals surface area contributed by atoms with Crippen molar-refractivity contribution < 1.29 is 19.8 Å². The summed E-state index contributed by atoms with van der Waals surface area (Å²) in [5, 5.41) is 21.1. The first-order chi connectivity index (χ1) is 8.85. The zero-order chi connectivity index (χ0) is 14.6. The van der Waals surface area contributed by atoms with Crippen LogP contribution in [0.15, 0.2) is 0 Å². The number of amides is 2. The number of β-amino-alcohol motifs (C(OH)–C–C–N with tert-alkyl or cyclic N) is 1. The van der Waals surface area contributed by atoms with Crippen LogP contribution in [0.4, 0.5) is 4.79 Å². The van der Waals surface area contributed by atoms with E-state index in [2.05, 4.69) is 5.32 Å². The van der Waals surface area contributed by atoms with Crippen molar-refractivity contribution in [1.82, 2.24) is 15.1 Å². The van der Waals surface area contributed by atoms with Gasteiger partial charge < -0.3 is 25.3 Å². The third-order valence-electron chi connectivity index (χ3n) is 3.23. The second-order valence-electron chi connectivity index (χ2n) is 5.21. The largest absolute Gasteiger partial charge is 0.480 e. The lowest BCUT2D eigenvalue weighted by Gasteiger charge is -2.28. The second kappa shape index (κ2) is 6.72. The number of urea groups is 1. The zero-order valence-corrected chi connectivity index (χ0v) is 11.7. The van der Waals surface area contributed by atoms with Gasteiger partial charge in [-0.05, 0) is 26.9 Å². The summed E-state index contributed by atoms with van der Waals surface area (Å²) in [5.41, 5.74) is 0. The minimum atomic E-state index is -1.04. The predicted molar refractivity (Wildman–Crippen MR) is 69.9 cm³/mol. The van der Waals surface area contributed by atoms with Crippen LogP contribution in [0.25, 0.3) is 0 Å². The number of likely N-dealkylation sites (tertiary alicyclic amines) is 1. The first kappa shape index (κ1) is 15.7. The summed E-state index contributed by atoms with van der Waals surface area (Å²) in [5.74, 6) is -1.04. The Morgan fingerprint density at radius 2 is 2.11 bits per heavy atom. The molecule has 0 aromatic carbocycles. The maximum atomic E-state index is 12.1. The van der Waals surface area contributed by atoms with Crippen LogP contribution in [-0.4, -0.2) is 77.4 Å². The van der Waals surface area contributed by atoms with Gasteiger partial charge in [0.25, 0.3) is 0 Å². The fourth-order valence-corrected chi connectivity index (χ4v) is 2.31. The monoisotopic (exact) mass is 273 g/mol. The number of hydrogen-bond acceptors (Lipinski definition) is 4. The van der Waals surface area contributed by atoms with Crippen molar-refractivity contribution in [3.8, 4) is 0 Å². The maximum absolute atomic E-state index is 12.1. The highest BCUT2D eigenvalue weighted by atomic mass is 16.4. The lowest BCUT2D eigenvalue weighted by atomic mass is 10.2. The fraction of sp³-hybridized carbons (Fsp3) is 0.833. The van der Waals surface area contributed by atoms with Gasteiger partial charge in [-0.1, -0.05) is 6.92 Å². The summed E-state index contributed by atoms with van der Waals surface area (Å²) in [6.07, 6.45) is 0.311. The number of carboxylic acid groups (broad SMARTS) is 1. The molecule has 3 atom stereocenters. The van der Waals surface area contributed by atoms with Crippen molar-refractivity contribution in [2.24, 2.45) is 0 Å². The van der Waals surface area contributed by atoms with E-state index in [1.54, 1.807) is 6.92 Å². The first-order valence-electron chi connectivity index (χ1n) is 6.47. The third kappa shape index (κ3) is 4.36. The quantitative estimate of drug-likeness (QED) is 0.631. The van der Waals surface area contributed by atoms with E-state index in [1.807, 2.05) is 19.0 Å². The Balaban J connectivity index is 2.65. The van der Waals surface area contributed by atoms with Crippen molar-refractivity contribution >= 4 is 12.0 Å². The summed E-state index contributed by atoms with van der Waals surface area (Å²) >= 11 is 0. The van der Waals surface area contributed by atoms with Gasteiger partial charge in [-0.2, -0.15) is 0 Å². The molecule has 19 heavy (non-hydrogen) atoms. The average Bonchev–Trinajstić information content (AvgIpc) is 2.65. The number of aliphatic carboxylic acids is 1. The Hall–Kier alpha value is -1.34. The number of carbonyl (C=O) groups is 2. The molecule has 0 spiro atoms. The van der Waals surface area contributed by atoms with E-state index in [4.69, 9.17) is 5.11 Å². The molecular weight excluding hydrogens is 250 g/mol. The number of nitrogens with zero attached hydrogens (tertiary/aromatic N) is 2. The first-order valence-corrected chi connectivity index (χ1v) is 6.47. The van der Waals surface area contributed by atoms with Crippen LogP contribution in [0.1, 0.15) is 19.8 Å². The van der Waals surface area contributed by atoms with Crippen LogP contribution in [-0.2, 0) is 4.79 Å². The standard InChI is InChI=1S/C12H23N3O4/c1-4-10(11(17)18)13-12(19)15-7-9(16)5-8(15)6-14(2)3/h8-10,16H,4-7H2,1-3H3,(H,13,19)(H,17,18). The topological polar surface area (TPSA) is 93.1 Å². The number of hydrogen-bond donors (Lipinski definition) is 3. The second-order valence-corrected chi connectivity index (χ2v) is 5.21. The van der Waals surface area contributed by atoms with E-state index >= 15 is 0 Å². The van der Waals surface area contributed by atoms with Crippen molar-refractivity contribution in [2.45, 2.75) is 38.0 Å². The molecule has 0 aromatic rings. The molecule has 110 valence electrons. The van der Waals surface area contributed by atoms with Crippen LogP contribution >= 0.6 is 0 Å². The molecule has 7 nitrogen and oxygen atoms in total. The molecule has 0 bridgehead atoms. The number of carbonyl (C=O) groups excluding carboxylic acids is 1. The van der Waals surface area contributed by atoms with Crippen molar-refractivity contribution in [3.05, 3.63) is 0 Å². The summed E-state index contributed by atoms with van der Waals surface area (Å²) < 4.78 is 0. The van der Waals surface area contributed by atoms with Gasteiger partial charge in [0.15, 0.2) is 0 Å². The van der Waals surface area contributed by atoms with E-state index in [9.17, 15) is 14.7 Å². The highest BCUT2D eigenvalue weighted by Gasteiger charge is 2.35. The van der Waals surface area contributed by atoms with Crippen molar-refractivity contribution in [3.63, 3.8) is 0 Å². The fourth-order valence-electron chi connectivity index (χ4n) is 2.31. The molecule has 2 amide bonds. The summed E-state index contributed by atoms with van der Waals surface area (Å²) in [6.45, 7) is 2.60. The van der Waals surface area contributed by atoms with Crippen molar-refractivity contribution in [2.75, 3.05) is 27.2 Å². The highest BCUT2D eigenvalue weighted by Crippen LogP contribution is 2.18. The number of likely N-dealkylation sites (N-methyl/N-ethyl adjacent to an activating group) is 1. The minimum absolute atomic E-state index is 0.0868. The van der Waals surface area contributed by atoms with E-state index in [0.29, 0.717) is 19.4 Å². The van der Waals surface area contributed by atoms with Gasteiger partial charge in [-0.15, -0.1) is 0 Å². The Labute approximate surface area is 113 Å². The number of nitrogens with one attached hydrogen (secondary N) is 1. The molecule has 1 rings (SSSR count). The SMILES string of the molecule is CCC(NC(=O)N1CC(O)CC1CN(C)C)C(=O)O. The average molecular weight is 273 g/mol. The van der Waals surface area contributed by atoms with Gasteiger partial charge >= 0.3 is 12.0 Å². The molecule has 1 heterocycles. The molecule has 1 saturated heterocycles. The highest BCUT2D eigenvalue weighted by molar-refractivity contribution is 5.82. The molecule has 7 heteroatoms. The Kier molecular flexibility index (Phi) is 5.56. The lowest BCUT2D eigenvalue weighted by Crippen LogP contribution is -2.51. The third-order valence-corrected chi connectivity index (χ3v) is 3.23. The Morgan fingerprint density at radius 3 is 2.58 bits per heavy atom. The number of aliphatic hydroxyl groups is 1. The van der Waals surface area contributed by atoms with Crippen LogP contribution in [0, 0.1) is 0 Å². The molecule has 1 aliphatic heterocycles. The minimum Gasteiger partial charge on any atom is -0.480 e. The van der Waals surface area contributed by atoms with Crippen LogP contribution in [0.5, 0.6) is 0 Å². The molecular formula is C12H23N3O4. The number of rotatable bonds is 5. The number of aliphatic hydroxyl groups excluding tert-OH is 1. The van der Waals surface area contributed by atoms with Crippen LogP contribution in [0.3, 0.4) is 0 Å². The molecule has 0 aliphatic carbocycles. The van der Waals surface area contributed by atoms with Crippen LogP contribution < -0.4 is 5.32 Å². The molecule has 3 unspecified atom stereocenters. The Morgan fingerprint density at radius 1 is 1.47 bits per heavy atom. The van der Waals surface area contributed by atoms with E-state index in [1.165, 1.54) is 4.90 Å². The molecule has 1 aliphatic rings. The lowest BCUT2D eigenvalue weighted by molar-refractivity contribution is -0.139. The van der Waals surface area contributed by atoms with E-state index in [0.717, 1.165) is 0 Å². The molecule has 0 saturated carbocycles. The zero-order valence-electron chi connectivity index (χ0n) is 11.7. The summed E-state index contributed by atoms with van der Waals surface area (Å²) in [4.78, 5) is 26.5. The smallest absolute Gasteiger partial charge is 0.326 e. The molecule has 3 N–H and O–H groups in total. The number of carboxylic acids is 1. The van der Waals surface area contributed by atoms with E-state index < -0.39 is 24.1 Å². The van der Waals surface area contributed by atoms with Crippen molar-refractivity contribution in [1.29, 1.82) is 0 Å². The molecule has 0 radical (unpaired) electrons. The molecule has 0 aromatic heterocycles. The summed E-state index contributed by atoms with van der Waals surface area (Å²) in [6, 6.07) is -1.39. The van der Waals surface area contributed by atoms with Crippen LogP contribution in [0.2, 0.25) is 0 Å². The summed E-state index contributed by atoms with van der Waals surface area (Å²) in [7, 11) is 3.79. The normalized spacial score (nSPS) is 24.6. The molecule has 1 fully saturated rings. The van der Waals surface area contributed by atoms with Gasteiger partial charge in [-0.3, -0.25) is 0 Å².